The number of anilines is 1. The third kappa shape index (κ3) is 4.81. The van der Waals surface area contributed by atoms with Gasteiger partial charge in [0.05, 0.1) is 18.1 Å². The quantitative estimate of drug-likeness (QED) is 0.597. The topological polar surface area (TPSA) is 71.3 Å². The number of rotatable bonds is 7. The highest BCUT2D eigenvalue weighted by molar-refractivity contribution is 6.32. The maximum Gasteiger partial charge on any atom is 0.253 e. The summed E-state index contributed by atoms with van der Waals surface area (Å²) >= 11 is 6.29. The van der Waals surface area contributed by atoms with Gasteiger partial charge in [0.2, 0.25) is 5.91 Å². The van der Waals surface area contributed by atoms with Crippen LogP contribution in [0.5, 0.6) is 0 Å². The molecule has 0 saturated carbocycles. The van der Waals surface area contributed by atoms with Gasteiger partial charge < -0.3 is 9.80 Å². The van der Waals surface area contributed by atoms with Gasteiger partial charge in [-0.2, -0.15) is 5.10 Å². The predicted octanol–water partition coefficient (Wildman–Crippen LogP) is 3.44. The number of carbonyl (C=O) groups is 2. The SMILES string of the molecule is CCN(C(=O)CCN(C)C(=O)c1ccccc1)c1cn(-c2cccnc2)nc1Cl. The molecule has 150 valence electrons. The maximum atomic E-state index is 12.8. The van der Waals surface area contributed by atoms with Crippen LogP contribution in [0.25, 0.3) is 5.69 Å². The van der Waals surface area contributed by atoms with Crippen LogP contribution in [0.1, 0.15) is 23.7 Å². The van der Waals surface area contributed by atoms with Crippen molar-refractivity contribution in [1.29, 1.82) is 0 Å². The molecule has 0 N–H and O–H groups in total. The third-order valence-electron chi connectivity index (χ3n) is 4.50. The molecular weight excluding hydrogens is 390 g/mol. The summed E-state index contributed by atoms with van der Waals surface area (Å²) in [6, 6.07) is 12.6. The molecule has 2 aromatic heterocycles. The van der Waals surface area contributed by atoms with Crippen molar-refractivity contribution in [3.63, 3.8) is 0 Å². The van der Waals surface area contributed by atoms with Gasteiger partial charge in [0.25, 0.3) is 5.91 Å². The van der Waals surface area contributed by atoms with E-state index >= 15 is 0 Å². The first-order chi connectivity index (χ1) is 14.0. The lowest BCUT2D eigenvalue weighted by Crippen LogP contribution is -2.35. The highest BCUT2D eigenvalue weighted by atomic mass is 35.5. The largest absolute Gasteiger partial charge is 0.341 e. The highest BCUT2D eigenvalue weighted by Gasteiger charge is 2.21. The van der Waals surface area contributed by atoms with Crippen LogP contribution in [0.4, 0.5) is 5.69 Å². The molecule has 0 aliphatic rings. The zero-order valence-electron chi connectivity index (χ0n) is 16.3. The molecule has 0 aliphatic heterocycles. The molecule has 3 aromatic rings. The van der Waals surface area contributed by atoms with Crippen molar-refractivity contribution in [3.8, 4) is 5.69 Å². The Bertz CT molecular complexity index is 975. The van der Waals surface area contributed by atoms with Gasteiger partial charge in [-0.15, -0.1) is 0 Å². The minimum absolute atomic E-state index is 0.121. The summed E-state index contributed by atoms with van der Waals surface area (Å²) in [5.41, 5.74) is 1.87. The van der Waals surface area contributed by atoms with Crippen LogP contribution in [0.2, 0.25) is 5.15 Å². The Hall–Kier alpha value is -3.19. The molecule has 0 bridgehead atoms. The molecular formula is C21H22ClN5O2. The molecule has 1 aromatic carbocycles. The summed E-state index contributed by atoms with van der Waals surface area (Å²) < 4.78 is 1.59. The molecule has 7 nitrogen and oxygen atoms in total. The average Bonchev–Trinajstić information content (AvgIpc) is 3.14. The molecule has 0 aliphatic carbocycles. The van der Waals surface area contributed by atoms with Crippen molar-refractivity contribution in [2.75, 3.05) is 25.0 Å². The molecule has 0 saturated heterocycles. The van der Waals surface area contributed by atoms with E-state index in [1.54, 1.807) is 58.3 Å². The fraction of sp³-hybridized carbons (Fsp3) is 0.238. The van der Waals surface area contributed by atoms with Crippen LogP contribution >= 0.6 is 11.6 Å². The summed E-state index contributed by atoms with van der Waals surface area (Å²) in [6.07, 6.45) is 5.22. The minimum atomic E-state index is -0.132. The van der Waals surface area contributed by atoms with E-state index in [1.807, 2.05) is 31.2 Å². The van der Waals surface area contributed by atoms with Gasteiger partial charge >= 0.3 is 0 Å². The normalized spacial score (nSPS) is 10.6. The monoisotopic (exact) mass is 411 g/mol. The van der Waals surface area contributed by atoms with E-state index in [1.165, 1.54) is 0 Å². The second-order valence-corrected chi connectivity index (χ2v) is 6.80. The number of carbonyl (C=O) groups excluding carboxylic acids is 2. The van der Waals surface area contributed by atoms with Gasteiger partial charge in [0, 0.05) is 38.3 Å². The molecule has 0 fully saturated rings. The Kier molecular flexibility index (Phi) is 6.61. The second kappa shape index (κ2) is 9.34. The van der Waals surface area contributed by atoms with Crippen molar-refractivity contribution in [1.82, 2.24) is 19.7 Å². The van der Waals surface area contributed by atoms with Crippen molar-refractivity contribution in [2.45, 2.75) is 13.3 Å². The molecule has 2 heterocycles. The number of hydrogen-bond acceptors (Lipinski definition) is 4. The van der Waals surface area contributed by atoms with Crippen LogP contribution in [0.15, 0.2) is 61.1 Å². The number of pyridine rings is 1. The first kappa shape index (κ1) is 20.5. The Morgan fingerprint density at radius 1 is 1.14 bits per heavy atom. The van der Waals surface area contributed by atoms with Crippen molar-refractivity contribution < 1.29 is 9.59 Å². The van der Waals surface area contributed by atoms with E-state index in [2.05, 4.69) is 10.1 Å². The highest BCUT2D eigenvalue weighted by Crippen LogP contribution is 2.26. The van der Waals surface area contributed by atoms with Gasteiger partial charge in [-0.05, 0) is 31.2 Å². The average molecular weight is 412 g/mol. The molecule has 0 unspecified atom stereocenters. The summed E-state index contributed by atoms with van der Waals surface area (Å²) in [4.78, 5) is 32.4. The van der Waals surface area contributed by atoms with E-state index in [4.69, 9.17) is 11.6 Å². The van der Waals surface area contributed by atoms with Crippen molar-refractivity contribution in [2.24, 2.45) is 0 Å². The number of nitrogens with zero attached hydrogens (tertiary/aromatic N) is 5. The number of halogens is 1. The summed E-state index contributed by atoms with van der Waals surface area (Å²) in [5, 5.41) is 4.51. The Balaban J connectivity index is 1.68. The van der Waals surface area contributed by atoms with E-state index in [0.717, 1.165) is 5.69 Å². The molecule has 8 heteroatoms. The van der Waals surface area contributed by atoms with Crippen LogP contribution in [-0.2, 0) is 4.79 Å². The Morgan fingerprint density at radius 3 is 2.55 bits per heavy atom. The Morgan fingerprint density at radius 2 is 1.90 bits per heavy atom. The van der Waals surface area contributed by atoms with Gasteiger partial charge in [0.1, 0.15) is 5.69 Å². The maximum absolute atomic E-state index is 12.8. The molecule has 29 heavy (non-hydrogen) atoms. The molecule has 3 rings (SSSR count). The number of amides is 2. The molecule has 0 spiro atoms. The third-order valence-corrected chi connectivity index (χ3v) is 4.77. The smallest absolute Gasteiger partial charge is 0.253 e. The fourth-order valence-corrected chi connectivity index (χ4v) is 3.16. The number of benzene rings is 1. The lowest BCUT2D eigenvalue weighted by Gasteiger charge is -2.22. The molecule has 2 amide bonds. The second-order valence-electron chi connectivity index (χ2n) is 6.44. The lowest BCUT2D eigenvalue weighted by molar-refractivity contribution is -0.118. The fourth-order valence-electron chi connectivity index (χ4n) is 2.93. The lowest BCUT2D eigenvalue weighted by atomic mass is 10.2. The standard InChI is InChI=1S/C21H22ClN5O2/c1-3-26(18-15-27(24-20(18)22)17-10-7-12-23-14-17)19(28)11-13-25(2)21(29)16-8-5-4-6-9-16/h4-10,12,14-15H,3,11,13H2,1-2H3. The van der Waals surface area contributed by atoms with Gasteiger partial charge in [-0.1, -0.05) is 29.8 Å². The first-order valence-electron chi connectivity index (χ1n) is 9.27. The van der Waals surface area contributed by atoms with Crippen LogP contribution < -0.4 is 4.90 Å². The van der Waals surface area contributed by atoms with E-state index in [-0.39, 0.29) is 23.4 Å². The van der Waals surface area contributed by atoms with Crippen LogP contribution in [0.3, 0.4) is 0 Å². The molecule has 0 radical (unpaired) electrons. The van der Waals surface area contributed by atoms with Crippen LogP contribution in [-0.4, -0.2) is 51.6 Å². The summed E-state index contributed by atoms with van der Waals surface area (Å²) in [6.45, 7) is 2.61. The summed E-state index contributed by atoms with van der Waals surface area (Å²) in [5.74, 6) is -0.253. The number of hydrogen-bond donors (Lipinski definition) is 0. The number of aromatic nitrogens is 3. The first-order valence-corrected chi connectivity index (χ1v) is 9.65. The summed E-state index contributed by atoms with van der Waals surface area (Å²) in [7, 11) is 1.69. The zero-order valence-corrected chi connectivity index (χ0v) is 17.1. The van der Waals surface area contributed by atoms with Crippen molar-refractivity contribution in [3.05, 3.63) is 71.8 Å². The van der Waals surface area contributed by atoms with Gasteiger partial charge in [0.15, 0.2) is 5.15 Å². The Labute approximate surface area is 174 Å². The van der Waals surface area contributed by atoms with E-state index in [0.29, 0.717) is 24.3 Å². The van der Waals surface area contributed by atoms with E-state index in [9.17, 15) is 9.59 Å². The zero-order chi connectivity index (χ0) is 20.8. The van der Waals surface area contributed by atoms with E-state index < -0.39 is 0 Å². The molecule has 0 atom stereocenters. The minimum Gasteiger partial charge on any atom is -0.341 e. The van der Waals surface area contributed by atoms with Gasteiger partial charge in [-0.25, -0.2) is 4.68 Å². The predicted molar refractivity (Wildman–Crippen MR) is 112 cm³/mol. The van der Waals surface area contributed by atoms with Crippen molar-refractivity contribution >= 4 is 29.1 Å². The van der Waals surface area contributed by atoms with Gasteiger partial charge in [-0.3, -0.25) is 14.6 Å². The van der Waals surface area contributed by atoms with Crippen LogP contribution in [0, 0.1) is 0 Å².